The number of carbonyl (C=O) groups is 1. The maximum absolute atomic E-state index is 12.7. The fourth-order valence-electron chi connectivity index (χ4n) is 1.40. The molecule has 0 N–H and O–H groups in total. The van der Waals surface area contributed by atoms with Gasteiger partial charge in [0.1, 0.15) is 5.82 Å². The van der Waals surface area contributed by atoms with Crippen molar-refractivity contribution in [2.45, 2.75) is 13.0 Å². The zero-order chi connectivity index (χ0) is 12.1. The molecule has 0 spiro atoms. The summed E-state index contributed by atoms with van der Waals surface area (Å²) in [6.45, 7) is 2.17. The van der Waals surface area contributed by atoms with Gasteiger partial charge in [0, 0.05) is 6.04 Å². The number of methoxy groups -OCH3 is 1. The zero-order valence-corrected chi connectivity index (χ0v) is 9.74. The lowest BCUT2D eigenvalue weighted by atomic mass is 10.1. The summed E-state index contributed by atoms with van der Waals surface area (Å²) < 4.78 is 17.3. The Bertz CT molecular complexity index is 351. The SMILES string of the molecule is COC(=O)CN(C)[C@@H](C)c1ccc(F)cc1. The summed E-state index contributed by atoms with van der Waals surface area (Å²) in [7, 11) is 3.18. The summed E-state index contributed by atoms with van der Waals surface area (Å²) in [5.74, 6) is -0.539. The van der Waals surface area contributed by atoms with Gasteiger partial charge < -0.3 is 4.74 Å². The first-order valence-corrected chi connectivity index (χ1v) is 5.07. The molecule has 0 aliphatic rings. The van der Waals surface area contributed by atoms with E-state index in [0.717, 1.165) is 5.56 Å². The van der Waals surface area contributed by atoms with Gasteiger partial charge in [-0.25, -0.2) is 4.39 Å². The number of hydrogen-bond acceptors (Lipinski definition) is 3. The fraction of sp³-hybridized carbons (Fsp3) is 0.417. The molecule has 4 heteroatoms. The average molecular weight is 225 g/mol. The first kappa shape index (κ1) is 12.6. The van der Waals surface area contributed by atoms with E-state index in [4.69, 9.17) is 0 Å². The van der Waals surface area contributed by atoms with Crippen molar-refractivity contribution in [2.24, 2.45) is 0 Å². The zero-order valence-electron chi connectivity index (χ0n) is 9.74. The number of hydrogen-bond donors (Lipinski definition) is 0. The standard InChI is InChI=1S/C12H16FNO2/c1-9(14(2)8-12(15)16-3)10-4-6-11(13)7-5-10/h4-7,9H,8H2,1-3H3/t9-/m0/s1. The molecule has 3 nitrogen and oxygen atoms in total. The van der Waals surface area contributed by atoms with Gasteiger partial charge in [0.25, 0.3) is 0 Å². The minimum absolute atomic E-state index is 0.0414. The van der Waals surface area contributed by atoms with Gasteiger partial charge >= 0.3 is 5.97 Å². The molecule has 0 bridgehead atoms. The highest BCUT2D eigenvalue weighted by Crippen LogP contribution is 2.18. The van der Waals surface area contributed by atoms with Crippen LogP contribution >= 0.6 is 0 Å². The lowest BCUT2D eigenvalue weighted by molar-refractivity contribution is -0.142. The van der Waals surface area contributed by atoms with Crippen LogP contribution in [-0.2, 0) is 9.53 Å². The van der Waals surface area contributed by atoms with Crippen LogP contribution in [0.15, 0.2) is 24.3 Å². The third kappa shape index (κ3) is 3.31. The summed E-state index contributed by atoms with van der Waals surface area (Å²) in [5.41, 5.74) is 0.966. The van der Waals surface area contributed by atoms with Crippen molar-refractivity contribution in [2.75, 3.05) is 20.7 Å². The number of likely N-dealkylation sites (N-methyl/N-ethyl adjacent to an activating group) is 1. The van der Waals surface area contributed by atoms with E-state index in [9.17, 15) is 9.18 Å². The molecule has 1 aromatic rings. The molecule has 0 radical (unpaired) electrons. The molecule has 0 saturated carbocycles. The highest BCUT2D eigenvalue weighted by Gasteiger charge is 2.14. The van der Waals surface area contributed by atoms with Gasteiger partial charge in [-0.2, -0.15) is 0 Å². The van der Waals surface area contributed by atoms with Gasteiger partial charge in [0.2, 0.25) is 0 Å². The van der Waals surface area contributed by atoms with Gasteiger partial charge in [0.15, 0.2) is 0 Å². The molecule has 1 atom stereocenters. The minimum Gasteiger partial charge on any atom is -0.468 e. The van der Waals surface area contributed by atoms with Crippen molar-refractivity contribution in [1.29, 1.82) is 0 Å². The van der Waals surface area contributed by atoms with Crippen LogP contribution in [0, 0.1) is 5.82 Å². The van der Waals surface area contributed by atoms with E-state index < -0.39 is 0 Å². The van der Waals surface area contributed by atoms with E-state index >= 15 is 0 Å². The second-order valence-electron chi connectivity index (χ2n) is 3.72. The Morgan fingerprint density at radius 2 is 2.00 bits per heavy atom. The molecule has 1 aromatic carbocycles. The third-order valence-electron chi connectivity index (χ3n) is 2.62. The lowest BCUT2D eigenvalue weighted by Gasteiger charge is -2.23. The second-order valence-corrected chi connectivity index (χ2v) is 3.72. The van der Waals surface area contributed by atoms with E-state index in [1.165, 1.54) is 19.2 Å². The molecular formula is C12H16FNO2. The van der Waals surface area contributed by atoms with Gasteiger partial charge in [0.05, 0.1) is 13.7 Å². The van der Waals surface area contributed by atoms with Gasteiger partial charge in [-0.1, -0.05) is 12.1 Å². The van der Waals surface area contributed by atoms with E-state index in [1.54, 1.807) is 12.1 Å². The molecule has 1 rings (SSSR count). The highest BCUT2D eigenvalue weighted by molar-refractivity contribution is 5.71. The Morgan fingerprint density at radius 1 is 1.44 bits per heavy atom. The number of halogens is 1. The average Bonchev–Trinajstić information content (AvgIpc) is 2.28. The first-order valence-electron chi connectivity index (χ1n) is 5.07. The normalized spacial score (nSPS) is 12.6. The van der Waals surface area contributed by atoms with Crippen LogP contribution in [-0.4, -0.2) is 31.6 Å². The van der Waals surface area contributed by atoms with Crippen LogP contribution in [0.4, 0.5) is 4.39 Å². The molecule has 0 saturated heterocycles. The summed E-state index contributed by atoms with van der Waals surface area (Å²) in [4.78, 5) is 12.9. The summed E-state index contributed by atoms with van der Waals surface area (Å²) in [6, 6.07) is 6.30. The molecule has 16 heavy (non-hydrogen) atoms. The molecule has 0 fully saturated rings. The maximum Gasteiger partial charge on any atom is 0.319 e. The van der Waals surface area contributed by atoms with Crippen molar-refractivity contribution in [3.8, 4) is 0 Å². The smallest absolute Gasteiger partial charge is 0.319 e. The summed E-state index contributed by atoms with van der Waals surface area (Å²) in [5, 5.41) is 0. The van der Waals surface area contributed by atoms with Crippen LogP contribution in [0.3, 0.4) is 0 Å². The van der Waals surface area contributed by atoms with Crippen molar-refractivity contribution in [1.82, 2.24) is 4.90 Å². The molecular weight excluding hydrogens is 209 g/mol. The number of nitrogens with zero attached hydrogens (tertiary/aromatic N) is 1. The molecule has 0 aliphatic heterocycles. The summed E-state index contributed by atoms with van der Waals surface area (Å²) >= 11 is 0. The summed E-state index contributed by atoms with van der Waals surface area (Å²) in [6.07, 6.45) is 0. The molecule has 0 aliphatic carbocycles. The fourth-order valence-corrected chi connectivity index (χ4v) is 1.40. The lowest BCUT2D eigenvalue weighted by Crippen LogP contribution is -2.29. The number of ether oxygens (including phenoxy) is 1. The number of esters is 1. The van der Waals surface area contributed by atoms with Crippen LogP contribution in [0.25, 0.3) is 0 Å². The van der Waals surface area contributed by atoms with Crippen molar-refractivity contribution >= 4 is 5.97 Å². The van der Waals surface area contributed by atoms with Gasteiger partial charge in [-0.15, -0.1) is 0 Å². The Labute approximate surface area is 94.8 Å². The van der Waals surface area contributed by atoms with E-state index in [1.807, 2.05) is 18.9 Å². The van der Waals surface area contributed by atoms with Crippen LogP contribution in [0.1, 0.15) is 18.5 Å². The molecule has 0 unspecified atom stereocenters. The molecule has 0 amide bonds. The topological polar surface area (TPSA) is 29.5 Å². The molecule has 88 valence electrons. The minimum atomic E-state index is -0.281. The monoisotopic (exact) mass is 225 g/mol. The van der Waals surface area contributed by atoms with Gasteiger partial charge in [-0.05, 0) is 31.7 Å². The predicted octanol–water partition coefficient (Wildman–Crippen LogP) is 1.99. The first-order chi connectivity index (χ1) is 7.54. The van der Waals surface area contributed by atoms with E-state index in [0.29, 0.717) is 0 Å². The number of benzene rings is 1. The Kier molecular flexibility index (Phi) is 4.43. The van der Waals surface area contributed by atoms with Crippen LogP contribution in [0.2, 0.25) is 0 Å². The third-order valence-corrected chi connectivity index (χ3v) is 2.62. The Morgan fingerprint density at radius 3 is 2.50 bits per heavy atom. The van der Waals surface area contributed by atoms with E-state index in [2.05, 4.69) is 4.74 Å². The van der Waals surface area contributed by atoms with Crippen molar-refractivity contribution in [3.63, 3.8) is 0 Å². The quantitative estimate of drug-likeness (QED) is 0.734. The number of carbonyl (C=O) groups excluding carboxylic acids is 1. The number of rotatable bonds is 4. The van der Waals surface area contributed by atoms with E-state index in [-0.39, 0.29) is 24.4 Å². The Hall–Kier alpha value is -1.42. The predicted molar refractivity (Wildman–Crippen MR) is 59.5 cm³/mol. The second kappa shape index (κ2) is 5.61. The van der Waals surface area contributed by atoms with Crippen molar-refractivity contribution in [3.05, 3.63) is 35.6 Å². The van der Waals surface area contributed by atoms with Gasteiger partial charge in [-0.3, -0.25) is 9.69 Å². The van der Waals surface area contributed by atoms with Crippen molar-refractivity contribution < 1.29 is 13.9 Å². The highest BCUT2D eigenvalue weighted by atomic mass is 19.1. The largest absolute Gasteiger partial charge is 0.468 e. The Balaban J connectivity index is 2.66. The molecule has 0 aromatic heterocycles. The maximum atomic E-state index is 12.7. The molecule has 0 heterocycles. The van der Waals surface area contributed by atoms with Crippen LogP contribution < -0.4 is 0 Å². The van der Waals surface area contributed by atoms with Crippen LogP contribution in [0.5, 0.6) is 0 Å².